The number of hydrogen-bond donors (Lipinski definition) is 0. The second kappa shape index (κ2) is 6.52. The third-order valence-electron chi connectivity index (χ3n) is 7.34. The Labute approximate surface area is 179 Å². The highest BCUT2D eigenvalue weighted by molar-refractivity contribution is 14.1. The van der Waals surface area contributed by atoms with Crippen LogP contribution in [0.4, 0.5) is 5.00 Å². The molecular weight excluding hydrogens is 473 g/mol. The molecule has 0 amide bonds. The van der Waals surface area contributed by atoms with Gasteiger partial charge < -0.3 is 4.90 Å². The van der Waals surface area contributed by atoms with Crippen LogP contribution in [0.2, 0.25) is 5.02 Å². The predicted octanol–water partition coefficient (Wildman–Crippen LogP) is 7.47. The van der Waals surface area contributed by atoms with Crippen molar-refractivity contribution < 1.29 is 0 Å². The number of anilines is 1. The number of hydrogen-bond acceptors (Lipinski definition) is 2. The van der Waals surface area contributed by atoms with Gasteiger partial charge >= 0.3 is 0 Å². The quantitative estimate of drug-likeness (QED) is 0.394. The van der Waals surface area contributed by atoms with E-state index in [-0.39, 0.29) is 0 Å². The molecule has 6 rings (SSSR count). The molecule has 1 nitrogen and oxygen atoms in total. The molecule has 0 radical (unpaired) electrons. The molecule has 1 heterocycles. The maximum atomic E-state index is 6.86. The highest BCUT2D eigenvalue weighted by Crippen LogP contribution is 2.64. The minimum atomic E-state index is 0.388. The van der Waals surface area contributed by atoms with Crippen LogP contribution in [0.3, 0.4) is 0 Å². The van der Waals surface area contributed by atoms with Gasteiger partial charge in [-0.2, -0.15) is 0 Å². The van der Waals surface area contributed by atoms with Gasteiger partial charge in [0.1, 0.15) is 0 Å². The van der Waals surface area contributed by atoms with E-state index in [1.807, 2.05) is 11.3 Å². The van der Waals surface area contributed by atoms with Crippen LogP contribution in [0, 0.1) is 21.3 Å². The number of fused-ring (bicyclic) bond motifs is 1. The fraction of sp³-hybridized carbons (Fsp3) is 0.636. The van der Waals surface area contributed by atoms with Crippen molar-refractivity contribution in [1.29, 1.82) is 0 Å². The number of nitrogens with zero attached hydrogens (tertiary/aromatic N) is 1. The Morgan fingerprint density at radius 1 is 1.08 bits per heavy atom. The summed E-state index contributed by atoms with van der Waals surface area (Å²) in [5, 5.41) is 3.89. The Morgan fingerprint density at radius 3 is 2.19 bits per heavy atom. The lowest BCUT2D eigenvalue weighted by atomic mass is 9.48. The molecule has 4 saturated carbocycles. The van der Waals surface area contributed by atoms with Crippen molar-refractivity contribution in [3.05, 3.63) is 26.3 Å². The van der Waals surface area contributed by atoms with Gasteiger partial charge in [0.25, 0.3) is 0 Å². The molecular formula is C22H27ClINS. The Morgan fingerprint density at radius 2 is 1.65 bits per heavy atom. The van der Waals surface area contributed by atoms with Gasteiger partial charge in [0.05, 0.1) is 9.70 Å². The summed E-state index contributed by atoms with van der Waals surface area (Å²) in [5.41, 5.74) is 2.03. The van der Waals surface area contributed by atoms with Gasteiger partial charge in [0.15, 0.2) is 0 Å². The van der Waals surface area contributed by atoms with E-state index in [2.05, 4.69) is 53.5 Å². The van der Waals surface area contributed by atoms with Crippen LogP contribution in [0.25, 0.3) is 10.1 Å². The van der Waals surface area contributed by atoms with Gasteiger partial charge in [-0.3, -0.25) is 0 Å². The van der Waals surface area contributed by atoms with Crippen LogP contribution in [-0.4, -0.2) is 13.1 Å². The summed E-state index contributed by atoms with van der Waals surface area (Å²) in [6.07, 6.45) is 8.69. The van der Waals surface area contributed by atoms with Crippen LogP contribution in [0.5, 0.6) is 0 Å². The smallest absolute Gasteiger partial charge is 0.0960 e. The molecule has 4 aliphatic carbocycles. The molecule has 140 valence electrons. The number of rotatable bonds is 4. The van der Waals surface area contributed by atoms with Crippen LogP contribution < -0.4 is 4.90 Å². The lowest BCUT2D eigenvalue weighted by molar-refractivity contribution is -0.00414. The third-order valence-corrected chi connectivity index (χ3v) is 10.2. The number of benzene rings is 1. The van der Waals surface area contributed by atoms with Crippen molar-refractivity contribution in [2.45, 2.75) is 57.8 Å². The first-order valence-corrected chi connectivity index (χ1v) is 12.5. The van der Waals surface area contributed by atoms with Gasteiger partial charge in [-0.1, -0.05) is 11.6 Å². The maximum Gasteiger partial charge on any atom is 0.0960 e. The fourth-order valence-electron chi connectivity index (χ4n) is 6.76. The first-order valence-electron chi connectivity index (χ1n) is 10.2. The summed E-state index contributed by atoms with van der Waals surface area (Å²) in [5.74, 6) is 2.88. The van der Waals surface area contributed by atoms with E-state index in [9.17, 15) is 0 Å². The Balaban J connectivity index is 1.78. The van der Waals surface area contributed by atoms with E-state index in [0.29, 0.717) is 5.41 Å². The molecule has 0 spiro atoms. The Bertz CT molecular complexity index is 818. The molecule has 1 aromatic carbocycles. The topological polar surface area (TPSA) is 3.24 Å². The van der Waals surface area contributed by atoms with E-state index >= 15 is 0 Å². The average Bonchev–Trinajstić information content (AvgIpc) is 3.01. The van der Waals surface area contributed by atoms with E-state index in [4.69, 9.17) is 11.6 Å². The number of thiophene rings is 1. The number of halogens is 2. The molecule has 4 fully saturated rings. The predicted molar refractivity (Wildman–Crippen MR) is 123 cm³/mol. The summed E-state index contributed by atoms with van der Waals surface area (Å²) in [4.78, 5) is 2.59. The molecule has 0 unspecified atom stereocenters. The first-order chi connectivity index (χ1) is 12.5. The zero-order chi connectivity index (χ0) is 18.1. The van der Waals surface area contributed by atoms with Crippen molar-refractivity contribution in [1.82, 2.24) is 0 Å². The van der Waals surface area contributed by atoms with Crippen LogP contribution in [0.1, 0.15) is 57.9 Å². The lowest BCUT2D eigenvalue weighted by Gasteiger charge is -2.57. The van der Waals surface area contributed by atoms with Crippen molar-refractivity contribution in [2.75, 3.05) is 18.0 Å². The molecule has 26 heavy (non-hydrogen) atoms. The largest absolute Gasteiger partial charge is 0.364 e. The minimum Gasteiger partial charge on any atom is -0.364 e. The van der Waals surface area contributed by atoms with Gasteiger partial charge in [-0.25, -0.2) is 0 Å². The summed E-state index contributed by atoms with van der Waals surface area (Å²) >= 11 is 11.4. The van der Waals surface area contributed by atoms with Gasteiger partial charge in [-0.15, -0.1) is 11.3 Å². The van der Waals surface area contributed by atoms with Gasteiger partial charge in [-0.05, 0) is 110 Å². The minimum absolute atomic E-state index is 0.388. The SMILES string of the molecule is CCN(CC)c1sc2c(I)ccc(Cl)c2c1C12CC3CC(CC(C3)C1)C2. The molecule has 0 aliphatic heterocycles. The summed E-state index contributed by atoms with van der Waals surface area (Å²) in [6, 6.07) is 4.33. The standard InChI is InChI=1S/C22H27ClINS/c1-3-25(4-2)21-19(18-16(23)5-6-17(24)20(18)26-21)22-10-13-7-14(11-22)9-15(8-13)12-22/h5-6,13-15H,3-4,7-12H2,1-2H3. The lowest BCUT2D eigenvalue weighted by Crippen LogP contribution is -2.49. The van der Waals surface area contributed by atoms with Crippen molar-refractivity contribution in [2.24, 2.45) is 17.8 Å². The summed E-state index contributed by atoms with van der Waals surface area (Å²) in [7, 11) is 0. The molecule has 4 heteroatoms. The second-order valence-electron chi connectivity index (χ2n) is 8.89. The van der Waals surface area contributed by atoms with Crippen LogP contribution >= 0.6 is 45.5 Å². The second-order valence-corrected chi connectivity index (χ2v) is 11.5. The molecule has 4 bridgehead atoms. The fourth-order valence-corrected chi connectivity index (χ4v) is 9.33. The van der Waals surface area contributed by atoms with Crippen molar-refractivity contribution >= 4 is 60.6 Å². The van der Waals surface area contributed by atoms with E-state index < -0.39 is 0 Å². The maximum absolute atomic E-state index is 6.86. The molecule has 0 N–H and O–H groups in total. The zero-order valence-corrected chi connectivity index (χ0v) is 19.4. The van der Waals surface area contributed by atoms with Crippen LogP contribution in [0.15, 0.2) is 12.1 Å². The average molecular weight is 500 g/mol. The monoisotopic (exact) mass is 499 g/mol. The molecule has 0 saturated heterocycles. The van der Waals surface area contributed by atoms with Gasteiger partial charge in [0.2, 0.25) is 0 Å². The van der Waals surface area contributed by atoms with Crippen LogP contribution in [-0.2, 0) is 5.41 Å². The molecule has 2 aromatic rings. The van der Waals surface area contributed by atoms with Gasteiger partial charge in [0, 0.05) is 32.6 Å². The van der Waals surface area contributed by atoms with E-state index in [1.165, 1.54) is 57.2 Å². The highest BCUT2D eigenvalue weighted by atomic mass is 127. The highest BCUT2D eigenvalue weighted by Gasteiger charge is 2.53. The zero-order valence-electron chi connectivity index (χ0n) is 15.7. The van der Waals surface area contributed by atoms with E-state index in [1.54, 1.807) is 5.56 Å². The van der Waals surface area contributed by atoms with E-state index in [0.717, 1.165) is 35.9 Å². The Kier molecular flexibility index (Phi) is 4.53. The molecule has 0 atom stereocenters. The first kappa shape index (κ1) is 18.1. The van der Waals surface area contributed by atoms with Crippen molar-refractivity contribution in [3.63, 3.8) is 0 Å². The normalized spacial score (nSPS) is 32.5. The summed E-state index contributed by atoms with van der Waals surface area (Å²) < 4.78 is 2.78. The Hall–Kier alpha value is -0.0000000000000000555. The third kappa shape index (κ3) is 2.59. The molecule has 1 aromatic heterocycles. The summed E-state index contributed by atoms with van der Waals surface area (Å²) in [6.45, 7) is 6.75. The molecule has 4 aliphatic rings. The van der Waals surface area contributed by atoms with Crippen molar-refractivity contribution in [3.8, 4) is 0 Å².